The average molecular weight is 476 g/mol. The van der Waals surface area contributed by atoms with E-state index in [1.807, 2.05) is 31.2 Å². The van der Waals surface area contributed by atoms with Gasteiger partial charge in [-0.3, -0.25) is 14.2 Å². The number of aromatic nitrogens is 4. The normalized spacial score (nSPS) is 16.4. The molecule has 4 heterocycles. The number of benzene rings is 2. The molecule has 0 saturated carbocycles. The van der Waals surface area contributed by atoms with Gasteiger partial charge in [-0.15, -0.1) is 0 Å². The van der Waals surface area contributed by atoms with Crippen LogP contribution in [0.1, 0.15) is 18.0 Å². The summed E-state index contributed by atoms with van der Waals surface area (Å²) in [4.78, 5) is 30.8. The van der Waals surface area contributed by atoms with Crippen LogP contribution in [-0.2, 0) is 4.79 Å². The van der Waals surface area contributed by atoms with Crippen molar-refractivity contribution < 1.29 is 14.3 Å². The number of hydrogen-bond acceptors (Lipinski definition) is 7. The number of carbonyl (C=O) groups excluding carboxylic acids is 1. The number of carbonyl (C=O) groups is 1. The second-order valence-electron chi connectivity index (χ2n) is 8.27. The molecule has 2 aromatic heterocycles. The fourth-order valence-electron chi connectivity index (χ4n) is 4.20. The van der Waals surface area contributed by atoms with Gasteiger partial charge in [-0.25, -0.2) is 9.67 Å². The number of aryl methyl sites for hydroxylation is 1. The quantitative estimate of drug-likeness (QED) is 0.452. The zero-order chi connectivity index (χ0) is 23.2. The zero-order valence-electron chi connectivity index (χ0n) is 18.4. The first-order chi connectivity index (χ1) is 16.6. The summed E-state index contributed by atoms with van der Waals surface area (Å²) in [6.45, 7) is 3.01. The largest absolute Gasteiger partial charge is 0.486 e. The molecule has 1 atom stereocenters. The molecule has 1 unspecified atom stereocenters. The number of amides is 1. The van der Waals surface area contributed by atoms with Gasteiger partial charge in [-0.2, -0.15) is 5.10 Å². The van der Waals surface area contributed by atoms with Crippen LogP contribution >= 0.6 is 11.8 Å². The number of rotatable bonds is 4. The molecule has 2 aliphatic heterocycles. The molecule has 6 rings (SSSR count). The van der Waals surface area contributed by atoms with Gasteiger partial charge in [0.05, 0.1) is 17.9 Å². The highest BCUT2D eigenvalue weighted by Crippen LogP contribution is 2.35. The smallest absolute Gasteiger partial charge is 0.265 e. The lowest BCUT2D eigenvalue weighted by Gasteiger charge is -2.19. The third-order valence-corrected chi connectivity index (χ3v) is 6.99. The first-order valence-electron chi connectivity index (χ1n) is 11.0. The van der Waals surface area contributed by atoms with Crippen LogP contribution in [0.2, 0.25) is 0 Å². The van der Waals surface area contributed by atoms with E-state index in [2.05, 4.69) is 10.4 Å². The molecule has 10 heteroatoms. The average Bonchev–Trinajstić information content (AvgIpc) is 3.44. The molecule has 0 aliphatic carbocycles. The Bertz CT molecular complexity index is 1480. The Balaban J connectivity index is 1.25. The first-order valence-corrected chi connectivity index (χ1v) is 11.9. The molecule has 0 saturated heterocycles. The number of nitrogens with one attached hydrogen (secondary N) is 1. The number of ether oxygens (including phenoxy) is 2. The predicted octanol–water partition coefficient (Wildman–Crippen LogP) is 3.34. The lowest BCUT2D eigenvalue weighted by Crippen LogP contribution is -2.27. The van der Waals surface area contributed by atoms with Crippen molar-refractivity contribution in [2.75, 3.05) is 24.3 Å². The number of hydrogen-bond donors (Lipinski definition) is 1. The van der Waals surface area contributed by atoms with Crippen LogP contribution < -0.4 is 20.3 Å². The van der Waals surface area contributed by atoms with Gasteiger partial charge in [0.1, 0.15) is 18.6 Å². The molecular weight excluding hydrogens is 454 g/mol. The van der Waals surface area contributed by atoms with Crippen molar-refractivity contribution in [3.05, 3.63) is 64.6 Å². The molecule has 0 fully saturated rings. The van der Waals surface area contributed by atoms with Crippen LogP contribution in [0.3, 0.4) is 0 Å². The van der Waals surface area contributed by atoms with Gasteiger partial charge in [0.25, 0.3) is 5.56 Å². The first kappa shape index (κ1) is 20.8. The van der Waals surface area contributed by atoms with Crippen LogP contribution in [0, 0.1) is 6.92 Å². The van der Waals surface area contributed by atoms with E-state index in [4.69, 9.17) is 14.5 Å². The van der Waals surface area contributed by atoms with Crippen molar-refractivity contribution in [3.63, 3.8) is 0 Å². The van der Waals surface area contributed by atoms with Gasteiger partial charge in [0, 0.05) is 23.9 Å². The van der Waals surface area contributed by atoms with Crippen molar-refractivity contribution in [1.82, 2.24) is 19.3 Å². The zero-order valence-corrected chi connectivity index (χ0v) is 19.2. The Morgan fingerprint density at radius 2 is 1.94 bits per heavy atom. The third-order valence-electron chi connectivity index (χ3n) is 5.90. The summed E-state index contributed by atoms with van der Waals surface area (Å²) in [5.41, 5.74) is 2.95. The van der Waals surface area contributed by atoms with E-state index < -0.39 is 0 Å². The molecule has 1 amide bonds. The lowest BCUT2D eigenvalue weighted by atomic mass is 10.2. The Hall–Kier alpha value is -3.79. The predicted molar refractivity (Wildman–Crippen MR) is 128 cm³/mol. The minimum Gasteiger partial charge on any atom is -0.486 e. The second kappa shape index (κ2) is 8.21. The second-order valence-corrected chi connectivity index (χ2v) is 9.26. The number of nitrogens with zero attached hydrogens (tertiary/aromatic N) is 4. The van der Waals surface area contributed by atoms with Gasteiger partial charge < -0.3 is 14.8 Å². The van der Waals surface area contributed by atoms with Crippen molar-refractivity contribution in [3.8, 4) is 17.2 Å². The standard InChI is InChI=1S/C24H21N5O4S/c1-14-2-5-16(6-3-14)29-22-18(12-25-29)23(31)28-17(13-34-24(28)27-22)11-21(30)26-15-4-7-19-20(10-15)33-9-8-32-19/h2-7,10,12,17H,8-9,11,13H2,1H3,(H,26,30). The van der Waals surface area contributed by atoms with Gasteiger partial charge in [-0.05, 0) is 31.2 Å². The SMILES string of the molecule is Cc1ccc(-n2ncc3c(=O)n4c(nc32)SCC4CC(=O)Nc2ccc3c(c2)OCCO3)cc1. The maximum Gasteiger partial charge on any atom is 0.265 e. The molecule has 1 N–H and O–H groups in total. The third kappa shape index (κ3) is 3.60. The summed E-state index contributed by atoms with van der Waals surface area (Å²) < 4.78 is 14.4. The van der Waals surface area contributed by atoms with Crippen molar-refractivity contribution in [2.45, 2.75) is 24.5 Å². The molecule has 34 heavy (non-hydrogen) atoms. The summed E-state index contributed by atoms with van der Waals surface area (Å²) in [5.74, 6) is 1.69. The highest BCUT2D eigenvalue weighted by Gasteiger charge is 2.29. The van der Waals surface area contributed by atoms with Crippen LogP contribution in [0.5, 0.6) is 11.5 Å². The van der Waals surface area contributed by atoms with Crippen LogP contribution in [0.4, 0.5) is 5.69 Å². The van der Waals surface area contributed by atoms with Crippen LogP contribution in [0.15, 0.2) is 58.6 Å². The highest BCUT2D eigenvalue weighted by molar-refractivity contribution is 7.99. The molecule has 2 aromatic carbocycles. The molecule has 9 nitrogen and oxygen atoms in total. The molecular formula is C24H21N5O4S. The van der Waals surface area contributed by atoms with Gasteiger partial charge in [-0.1, -0.05) is 29.5 Å². The lowest BCUT2D eigenvalue weighted by molar-refractivity contribution is -0.116. The van der Waals surface area contributed by atoms with E-state index in [0.29, 0.717) is 52.3 Å². The van der Waals surface area contributed by atoms with E-state index in [0.717, 1.165) is 11.3 Å². The van der Waals surface area contributed by atoms with E-state index in [9.17, 15) is 9.59 Å². The van der Waals surface area contributed by atoms with E-state index >= 15 is 0 Å². The van der Waals surface area contributed by atoms with Crippen molar-refractivity contribution in [2.24, 2.45) is 0 Å². The van der Waals surface area contributed by atoms with E-state index in [-0.39, 0.29) is 23.9 Å². The molecule has 0 bridgehead atoms. The molecule has 2 aliphatic rings. The Morgan fingerprint density at radius 1 is 1.15 bits per heavy atom. The number of anilines is 1. The van der Waals surface area contributed by atoms with E-state index in [1.54, 1.807) is 33.6 Å². The Morgan fingerprint density at radius 3 is 2.76 bits per heavy atom. The van der Waals surface area contributed by atoms with Crippen molar-refractivity contribution >= 4 is 34.4 Å². The number of thioether (sulfide) groups is 1. The summed E-state index contributed by atoms with van der Waals surface area (Å²) in [5, 5.41) is 8.34. The summed E-state index contributed by atoms with van der Waals surface area (Å²) in [6, 6.07) is 12.9. The number of fused-ring (bicyclic) bond motifs is 3. The fraction of sp³-hybridized carbons (Fsp3) is 0.250. The monoisotopic (exact) mass is 475 g/mol. The fourth-order valence-corrected chi connectivity index (χ4v) is 5.33. The highest BCUT2D eigenvalue weighted by atomic mass is 32.2. The van der Waals surface area contributed by atoms with Gasteiger partial charge in [0.15, 0.2) is 22.3 Å². The molecule has 4 aromatic rings. The van der Waals surface area contributed by atoms with E-state index in [1.165, 1.54) is 11.8 Å². The summed E-state index contributed by atoms with van der Waals surface area (Å²) in [6.07, 6.45) is 1.71. The molecule has 0 spiro atoms. The minimum absolute atomic E-state index is 0.160. The van der Waals surface area contributed by atoms with Crippen molar-refractivity contribution in [1.29, 1.82) is 0 Å². The maximum absolute atomic E-state index is 13.3. The molecule has 172 valence electrons. The van der Waals surface area contributed by atoms with Gasteiger partial charge in [0.2, 0.25) is 5.91 Å². The minimum atomic E-state index is -0.288. The summed E-state index contributed by atoms with van der Waals surface area (Å²) >= 11 is 1.48. The van der Waals surface area contributed by atoms with Gasteiger partial charge >= 0.3 is 0 Å². The molecule has 0 radical (unpaired) electrons. The van der Waals surface area contributed by atoms with Crippen LogP contribution in [0.25, 0.3) is 16.7 Å². The Kier molecular flexibility index (Phi) is 5.02. The topological polar surface area (TPSA) is 100 Å². The Labute approximate surface area is 198 Å². The summed E-state index contributed by atoms with van der Waals surface area (Å²) in [7, 11) is 0. The van der Waals surface area contributed by atoms with Crippen LogP contribution in [-0.4, -0.2) is 44.2 Å². The maximum atomic E-state index is 13.3.